The fourth-order valence-corrected chi connectivity index (χ4v) is 2.09. The molecule has 0 unspecified atom stereocenters. The summed E-state index contributed by atoms with van der Waals surface area (Å²) < 4.78 is 10.1. The van der Waals surface area contributed by atoms with Crippen molar-refractivity contribution in [3.05, 3.63) is 35.6 Å². The quantitative estimate of drug-likeness (QED) is 0.766. The zero-order valence-corrected chi connectivity index (χ0v) is 10.2. The van der Waals surface area contributed by atoms with Gasteiger partial charge in [0.05, 0.1) is 6.42 Å². The molecule has 0 spiro atoms. The van der Waals surface area contributed by atoms with Gasteiger partial charge in [0.1, 0.15) is 0 Å². The van der Waals surface area contributed by atoms with Gasteiger partial charge in [0.2, 0.25) is 11.8 Å². The van der Waals surface area contributed by atoms with Crippen molar-refractivity contribution in [1.29, 1.82) is 0 Å². The number of aryl methyl sites for hydroxylation is 1. The van der Waals surface area contributed by atoms with Crippen molar-refractivity contribution in [2.45, 2.75) is 32.6 Å². The van der Waals surface area contributed by atoms with Gasteiger partial charge in [-0.2, -0.15) is 9.97 Å². The molecule has 6 heteroatoms. The highest BCUT2D eigenvalue weighted by atomic mass is 16.5. The molecule has 0 saturated heterocycles. The minimum atomic E-state index is 0.446. The average molecular weight is 246 g/mol. The van der Waals surface area contributed by atoms with Crippen LogP contribution in [0.15, 0.2) is 21.2 Å². The van der Waals surface area contributed by atoms with Crippen LogP contribution in [-0.2, 0) is 12.8 Å². The zero-order valence-electron chi connectivity index (χ0n) is 10.2. The smallest absolute Gasteiger partial charge is 0.227 e. The van der Waals surface area contributed by atoms with Crippen molar-refractivity contribution in [2.75, 3.05) is 0 Å². The molecule has 0 bridgehead atoms. The lowest BCUT2D eigenvalue weighted by molar-refractivity contribution is 0.359. The molecule has 0 fully saturated rings. The Morgan fingerprint density at radius 3 is 2.78 bits per heavy atom. The molecule has 94 valence electrons. The van der Waals surface area contributed by atoms with E-state index < -0.39 is 0 Å². The fraction of sp³-hybridized carbons (Fsp3) is 0.500. The van der Waals surface area contributed by atoms with Crippen LogP contribution in [0.3, 0.4) is 0 Å². The fourth-order valence-electron chi connectivity index (χ4n) is 2.09. The summed E-state index contributed by atoms with van der Waals surface area (Å²) in [6, 6.07) is 0. The van der Waals surface area contributed by atoms with Crippen LogP contribution in [0.5, 0.6) is 0 Å². The minimum Gasteiger partial charge on any atom is -0.340 e. The lowest BCUT2D eigenvalue weighted by Crippen LogP contribution is -1.98. The Balaban J connectivity index is 1.64. The summed E-state index contributed by atoms with van der Waals surface area (Å²) in [5.74, 6) is 2.95. The summed E-state index contributed by atoms with van der Waals surface area (Å²) in [5, 5.41) is 7.74. The predicted octanol–water partition coefficient (Wildman–Crippen LogP) is 1.86. The molecule has 6 nitrogen and oxygen atoms in total. The van der Waals surface area contributed by atoms with E-state index in [1.165, 1.54) is 6.42 Å². The molecule has 3 rings (SSSR count). The minimum absolute atomic E-state index is 0.446. The van der Waals surface area contributed by atoms with E-state index in [9.17, 15) is 0 Å². The van der Waals surface area contributed by atoms with Crippen molar-refractivity contribution in [3.63, 3.8) is 0 Å². The number of aromatic nitrogens is 4. The predicted molar refractivity (Wildman–Crippen MR) is 61.7 cm³/mol. The SMILES string of the molecule is Cc1nc(Cc2noc(C[C@@H]3C=CCC3)n2)no1. The maximum absolute atomic E-state index is 5.22. The highest BCUT2D eigenvalue weighted by Gasteiger charge is 2.16. The van der Waals surface area contributed by atoms with E-state index in [4.69, 9.17) is 9.05 Å². The maximum atomic E-state index is 5.22. The standard InChI is InChI=1S/C12H14N4O2/c1-8-13-10(15-17-8)7-11-14-12(18-16-11)6-9-4-2-3-5-9/h2,4,9H,3,5-7H2,1H3/t9-/m1/s1. The van der Waals surface area contributed by atoms with Crippen LogP contribution < -0.4 is 0 Å². The molecule has 1 aliphatic rings. The number of rotatable bonds is 4. The van der Waals surface area contributed by atoms with E-state index in [1.54, 1.807) is 6.92 Å². The second-order valence-corrected chi connectivity index (χ2v) is 4.48. The summed E-state index contributed by atoms with van der Waals surface area (Å²) in [4.78, 5) is 8.45. The van der Waals surface area contributed by atoms with Crippen LogP contribution in [0.4, 0.5) is 0 Å². The van der Waals surface area contributed by atoms with Gasteiger partial charge >= 0.3 is 0 Å². The second kappa shape index (κ2) is 4.72. The summed E-state index contributed by atoms with van der Waals surface area (Å²) in [7, 11) is 0. The molecular weight excluding hydrogens is 232 g/mol. The van der Waals surface area contributed by atoms with E-state index in [1.807, 2.05) is 0 Å². The zero-order chi connectivity index (χ0) is 12.4. The van der Waals surface area contributed by atoms with Gasteiger partial charge in [0.25, 0.3) is 0 Å². The molecule has 0 aromatic carbocycles. The highest BCUT2D eigenvalue weighted by molar-refractivity contribution is 5.02. The summed E-state index contributed by atoms with van der Waals surface area (Å²) in [6.45, 7) is 1.75. The molecule has 0 saturated carbocycles. The number of nitrogens with zero attached hydrogens (tertiary/aromatic N) is 4. The van der Waals surface area contributed by atoms with Crippen LogP contribution in [0.25, 0.3) is 0 Å². The van der Waals surface area contributed by atoms with Crippen LogP contribution in [0, 0.1) is 12.8 Å². The third-order valence-corrected chi connectivity index (χ3v) is 2.95. The lowest BCUT2D eigenvalue weighted by atomic mass is 10.1. The Hall–Kier alpha value is -1.98. The lowest BCUT2D eigenvalue weighted by Gasteiger charge is -2.00. The van der Waals surface area contributed by atoms with Gasteiger partial charge in [-0.15, -0.1) is 0 Å². The number of hydrogen-bond donors (Lipinski definition) is 0. The highest BCUT2D eigenvalue weighted by Crippen LogP contribution is 2.20. The topological polar surface area (TPSA) is 77.8 Å². The first kappa shape index (κ1) is 11.1. The first-order valence-electron chi connectivity index (χ1n) is 6.07. The summed E-state index contributed by atoms with van der Waals surface area (Å²) in [5.41, 5.74) is 0. The third-order valence-electron chi connectivity index (χ3n) is 2.95. The normalized spacial score (nSPS) is 18.6. The first-order valence-corrected chi connectivity index (χ1v) is 6.07. The van der Waals surface area contributed by atoms with Crippen LogP contribution in [-0.4, -0.2) is 20.3 Å². The maximum Gasteiger partial charge on any atom is 0.227 e. The Bertz CT molecular complexity index is 558. The van der Waals surface area contributed by atoms with E-state index in [2.05, 4.69) is 32.4 Å². The van der Waals surface area contributed by atoms with Gasteiger partial charge in [-0.1, -0.05) is 22.5 Å². The van der Waals surface area contributed by atoms with E-state index >= 15 is 0 Å². The third kappa shape index (κ3) is 2.47. The van der Waals surface area contributed by atoms with Gasteiger partial charge in [-0.25, -0.2) is 0 Å². The number of hydrogen-bond acceptors (Lipinski definition) is 6. The molecule has 0 aliphatic heterocycles. The number of allylic oxidation sites excluding steroid dienone is 2. The van der Waals surface area contributed by atoms with Crippen LogP contribution >= 0.6 is 0 Å². The van der Waals surface area contributed by atoms with Gasteiger partial charge in [0, 0.05) is 13.3 Å². The summed E-state index contributed by atoms with van der Waals surface area (Å²) in [6.07, 6.45) is 7.99. The van der Waals surface area contributed by atoms with Crippen molar-refractivity contribution < 1.29 is 9.05 Å². The molecular formula is C12H14N4O2. The average Bonchev–Trinajstić information content (AvgIpc) is 3.04. The molecule has 2 aromatic rings. The van der Waals surface area contributed by atoms with Gasteiger partial charge in [-0.05, 0) is 18.8 Å². The largest absolute Gasteiger partial charge is 0.340 e. The van der Waals surface area contributed by atoms with Crippen molar-refractivity contribution in [1.82, 2.24) is 20.3 Å². The van der Waals surface area contributed by atoms with E-state index in [0.29, 0.717) is 35.8 Å². The van der Waals surface area contributed by atoms with E-state index in [-0.39, 0.29) is 0 Å². The van der Waals surface area contributed by atoms with Crippen LogP contribution in [0.2, 0.25) is 0 Å². The Kier molecular flexibility index (Phi) is 2.92. The molecule has 2 aromatic heterocycles. The first-order chi connectivity index (χ1) is 8.79. The van der Waals surface area contributed by atoms with Crippen molar-refractivity contribution in [2.24, 2.45) is 5.92 Å². The van der Waals surface area contributed by atoms with E-state index in [0.717, 1.165) is 12.8 Å². The summed E-state index contributed by atoms with van der Waals surface area (Å²) >= 11 is 0. The Morgan fingerprint density at radius 1 is 1.22 bits per heavy atom. The second-order valence-electron chi connectivity index (χ2n) is 4.48. The van der Waals surface area contributed by atoms with Gasteiger partial charge < -0.3 is 9.05 Å². The molecule has 2 heterocycles. The molecule has 1 atom stereocenters. The molecule has 0 amide bonds. The van der Waals surface area contributed by atoms with Crippen molar-refractivity contribution in [3.8, 4) is 0 Å². The van der Waals surface area contributed by atoms with Gasteiger partial charge in [0.15, 0.2) is 11.6 Å². The molecule has 0 N–H and O–H groups in total. The van der Waals surface area contributed by atoms with Crippen molar-refractivity contribution >= 4 is 0 Å². The molecule has 0 radical (unpaired) electrons. The Labute approximate surface area is 104 Å². The Morgan fingerprint density at radius 2 is 2.06 bits per heavy atom. The monoisotopic (exact) mass is 246 g/mol. The molecule has 1 aliphatic carbocycles. The van der Waals surface area contributed by atoms with Gasteiger partial charge in [-0.3, -0.25) is 0 Å². The van der Waals surface area contributed by atoms with Crippen LogP contribution in [0.1, 0.15) is 36.3 Å². The molecule has 18 heavy (non-hydrogen) atoms.